The Labute approximate surface area is 97.0 Å². The second kappa shape index (κ2) is 3.72. The molecule has 15 heavy (non-hydrogen) atoms. The zero-order valence-corrected chi connectivity index (χ0v) is 9.87. The zero-order valence-electron chi connectivity index (χ0n) is 8.28. The molecule has 1 aliphatic heterocycles. The van der Waals surface area contributed by atoms with Gasteiger partial charge in [-0.25, -0.2) is 9.97 Å². The lowest BCUT2D eigenvalue weighted by atomic mass is 10.2. The van der Waals surface area contributed by atoms with E-state index in [1.54, 1.807) is 12.4 Å². The first-order valence-electron chi connectivity index (χ1n) is 5.28. The summed E-state index contributed by atoms with van der Waals surface area (Å²) in [5, 5.41) is 6.78. The molecule has 0 aromatic carbocycles. The molecule has 1 saturated heterocycles. The first-order chi connectivity index (χ1) is 7.33. The number of fused-ring (bicyclic) bond motifs is 1. The van der Waals surface area contributed by atoms with Crippen LogP contribution in [-0.2, 0) is 0 Å². The molecule has 1 aromatic rings. The van der Waals surface area contributed by atoms with Gasteiger partial charge in [0.05, 0.1) is 4.47 Å². The molecule has 2 N–H and O–H groups in total. The zero-order chi connectivity index (χ0) is 10.3. The summed E-state index contributed by atoms with van der Waals surface area (Å²) in [5.41, 5.74) is 0. The lowest BCUT2D eigenvalue weighted by Gasteiger charge is -2.13. The number of hydrogen-bond acceptors (Lipinski definition) is 4. The van der Waals surface area contributed by atoms with E-state index in [2.05, 4.69) is 36.5 Å². The molecule has 5 heteroatoms. The summed E-state index contributed by atoms with van der Waals surface area (Å²) < 4.78 is 0.911. The van der Waals surface area contributed by atoms with Crippen molar-refractivity contribution in [3.63, 3.8) is 0 Å². The Balaban J connectivity index is 1.55. The molecule has 2 aliphatic rings. The van der Waals surface area contributed by atoms with E-state index in [1.165, 1.54) is 13.0 Å². The van der Waals surface area contributed by atoms with Gasteiger partial charge in [-0.3, -0.25) is 0 Å². The molecule has 1 aliphatic carbocycles. The largest absolute Gasteiger partial charge is 0.353 e. The van der Waals surface area contributed by atoms with Gasteiger partial charge in [0.25, 0.3) is 0 Å². The van der Waals surface area contributed by atoms with E-state index in [-0.39, 0.29) is 0 Å². The molecular formula is C10H13BrN4. The van der Waals surface area contributed by atoms with Gasteiger partial charge >= 0.3 is 0 Å². The highest BCUT2D eigenvalue weighted by Gasteiger charge is 2.47. The standard InChI is InChI=1S/C10H13BrN4/c11-7-3-13-10(14-4-7)15-5-9-8-1-6(8)2-12-9/h3-4,6,8-9,12H,1-2,5H2,(H,13,14,15)/t6-,8-,9-/m1/s1. The molecule has 0 spiro atoms. The van der Waals surface area contributed by atoms with E-state index in [1.807, 2.05) is 0 Å². The van der Waals surface area contributed by atoms with E-state index in [9.17, 15) is 0 Å². The average molecular weight is 269 g/mol. The Hall–Kier alpha value is -0.680. The minimum absolute atomic E-state index is 0.613. The number of aromatic nitrogens is 2. The third-order valence-corrected chi connectivity index (χ3v) is 3.65. The maximum absolute atomic E-state index is 4.18. The van der Waals surface area contributed by atoms with Crippen LogP contribution in [0.1, 0.15) is 6.42 Å². The van der Waals surface area contributed by atoms with Crippen LogP contribution in [0.5, 0.6) is 0 Å². The number of hydrogen-bond donors (Lipinski definition) is 2. The van der Waals surface area contributed by atoms with Crippen LogP contribution >= 0.6 is 15.9 Å². The lowest BCUT2D eigenvalue weighted by Crippen LogP contribution is -2.33. The topological polar surface area (TPSA) is 49.8 Å². The second-order valence-electron chi connectivity index (χ2n) is 4.28. The Morgan fingerprint density at radius 1 is 1.47 bits per heavy atom. The maximum Gasteiger partial charge on any atom is 0.222 e. The summed E-state index contributed by atoms with van der Waals surface area (Å²) in [5.74, 6) is 2.56. The van der Waals surface area contributed by atoms with Crippen LogP contribution in [0.3, 0.4) is 0 Å². The van der Waals surface area contributed by atoms with E-state index in [4.69, 9.17) is 0 Å². The van der Waals surface area contributed by atoms with Gasteiger partial charge in [0, 0.05) is 25.0 Å². The van der Waals surface area contributed by atoms with Gasteiger partial charge in [-0.15, -0.1) is 0 Å². The van der Waals surface area contributed by atoms with Gasteiger partial charge in [0.2, 0.25) is 5.95 Å². The Morgan fingerprint density at radius 2 is 2.27 bits per heavy atom. The average Bonchev–Trinajstić information content (AvgIpc) is 2.93. The lowest BCUT2D eigenvalue weighted by molar-refractivity contribution is 0.555. The third-order valence-electron chi connectivity index (χ3n) is 3.24. The smallest absolute Gasteiger partial charge is 0.222 e. The summed E-state index contributed by atoms with van der Waals surface area (Å²) in [4.78, 5) is 8.36. The van der Waals surface area contributed by atoms with Crippen LogP contribution < -0.4 is 10.6 Å². The minimum Gasteiger partial charge on any atom is -0.353 e. The predicted octanol–water partition coefficient (Wildman–Crippen LogP) is 1.26. The predicted molar refractivity (Wildman–Crippen MR) is 61.6 cm³/mol. The van der Waals surface area contributed by atoms with Crippen LogP contribution in [0.4, 0.5) is 5.95 Å². The number of nitrogens with zero attached hydrogens (tertiary/aromatic N) is 2. The van der Waals surface area contributed by atoms with Gasteiger partial charge in [0.15, 0.2) is 0 Å². The fraction of sp³-hybridized carbons (Fsp3) is 0.600. The Bertz CT molecular complexity index is 353. The molecule has 0 bridgehead atoms. The van der Waals surface area contributed by atoms with E-state index < -0.39 is 0 Å². The van der Waals surface area contributed by atoms with Crippen LogP contribution in [0.2, 0.25) is 0 Å². The molecular weight excluding hydrogens is 256 g/mol. The first kappa shape index (κ1) is 9.54. The van der Waals surface area contributed by atoms with Crippen molar-refractivity contribution in [2.75, 3.05) is 18.4 Å². The van der Waals surface area contributed by atoms with Crippen molar-refractivity contribution in [1.29, 1.82) is 0 Å². The van der Waals surface area contributed by atoms with Crippen LogP contribution in [0.25, 0.3) is 0 Å². The van der Waals surface area contributed by atoms with Crippen molar-refractivity contribution >= 4 is 21.9 Å². The van der Waals surface area contributed by atoms with Gasteiger partial charge in [-0.05, 0) is 40.7 Å². The van der Waals surface area contributed by atoms with E-state index >= 15 is 0 Å². The number of piperidine rings is 1. The van der Waals surface area contributed by atoms with Crippen molar-refractivity contribution in [3.8, 4) is 0 Å². The van der Waals surface area contributed by atoms with Crippen molar-refractivity contribution in [2.45, 2.75) is 12.5 Å². The molecule has 2 heterocycles. The fourth-order valence-corrected chi connectivity index (χ4v) is 2.49. The van der Waals surface area contributed by atoms with Crippen molar-refractivity contribution in [2.24, 2.45) is 11.8 Å². The molecule has 4 nitrogen and oxygen atoms in total. The first-order valence-corrected chi connectivity index (χ1v) is 6.07. The molecule has 2 fully saturated rings. The van der Waals surface area contributed by atoms with Crippen molar-refractivity contribution in [3.05, 3.63) is 16.9 Å². The second-order valence-corrected chi connectivity index (χ2v) is 5.20. The van der Waals surface area contributed by atoms with E-state index in [0.29, 0.717) is 12.0 Å². The Morgan fingerprint density at radius 3 is 2.87 bits per heavy atom. The van der Waals surface area contributed by atoms with Gasteiger partial charge in [-0.1, -0.05) is 0 Å². The summed E-state index contributed by atoms with van der Waals surface area (Å²) in [6, 6.07) is 0.613. The van der Waals surface area contributed by atoms with Crippen molar-refractivity contribution < 1.29 is 0 Å². The highest BCUT2D eigenvalue weighted by atomic mass is 79.9. The molecule has 80 valence electrons. The Kier molecular flexibility index (Phi) is 2.36. The number of rotatable bonds is 3. The highest BCUT2D eigenvalue weighted by molar-refractivity contribution is 9.10. The highest BCUT2D eigenvalue weighted by Crippen LogP contribution is 2.44. The molecule has 3 rings (SSSR count). The van der Waals surface area contributed by atoms with Crippen molar-refractivity contribution in [1.82, 2.24) is 15.3 Å². The van der Waals surface area contributed by atoms with E-state index in [0.717, 1.165) is 22.9 Å². The number of nitrogens with one attached hydrogen (secondary N) is 2. The SMILES string of the molecule is Brc1cnc(NC[C@H]2NC[C@H]3C[C@H]32)nc1. The monoisotopic (exact) mass is 268 g/mol. The van der Waals surface area contributed by atoms with Gasteiger partial charge in [-0.2, -0.15) is 0 Å². The molecule has 1 aromatic heterocycles. The molecule has 1 saturated carbocycles. The third kappa shape index (κ3) is 1.99. The van der Waals surface area contributed by atoms with Gasteiger partial charge in [0.1, 0.15) is 0 Å². The molecule has 3 atom stereocenters. The number of anilines is 1. The van der Waals surface area contributed by atoms with Crippen LogP contribution in [0, 0.1) is 11.8 Å². The fourth-order valence-electron chi connectivity index (χ4n) is 2.28. The van der Waals surface area contributed by atoms with Gasteiger partial charge < -0.3 is 10.6 Å². The summed E-state index contributed by atoms with van der Waals surface area (Å²) in [7, 11) is 0. The summed E-state index contributed by atoms with van der Waals surface area (Å²) in [6.07, 6.45) is 4.93. The maximum atomic E-state index is 4.18. The minimum atomic E-state index is 0.613. The molecule has 0 radical (unpaired) electrons. The van der Waals surface area contributed by atoms with Crippen LogP contribution in [0.15, 0.2) is 16.9 Å². The molecule has 0 unspecified atom stereocenters. The summed E-state index contributed by atoms with van der Waals surface area (Å²) in [6.45, 7) is 2.13. The quantitative estimate of drug-likeness (QED) is 0.867. The molecule has 0 amide bonds. The number of halogens is 1. The summed E-state index contributed by atoms with van der Waals surface area (Å²) >= 11 is 3.31. The normalized spacial score (nSPS) is 32.5. The van der Waals surface area contributed by atoms with Crippen LogP contribution in [-0.4, -0.2) is 29.1 Å².